The van der Waals surface area contributed by atoms with Gasteiger partial charge >= 0.3 is 5.69 Å². The van der Waals surface area contributed by atoms with Gasteiger partial charge in [-0.1, -0.05) is 6.08 Å². The van der Waals surface area contributed by atoms with E-state index in [1.807, 2.05) is 26.8 Å². The molecular formula is C22H30N2O3. The summed E-state index contributed by atoms with van der Waals surface area (Å²) in [5, 5.41) is 11.5. The Balaban J connectivity index is 1.74. The van der Waals surface area contributed by atoms with Gasteiger partial charge in [0, 0.05) is 18.2 Å². The van der Waals surface area contributed by atoms with Gasteiger partial charge in [0.2, 0.25) is 0 Å². The fraction of sp³-hybridized carbons (Fsp3) is 0.636. The lowest BCUT2D eigenvalue weighted by Gasteiger charge is -2.39. The van der Waals surface area contributed by atoms with Crippen molar-refractivity contribution in [3.63, 3.8) is 0 Å². The molecule has 0 aromatic heterocycles. The minimum Gasteiger partial charge on any atom is -0.484 e. The second-order valence-corrected chi connectivity index (χ2v) is 8.85. The van der Waals surface area contributed by atoms with Crippen LogP contribution in [0.5, 0.6) is 5.75 Å². The molecule has 1 heterocycles. The molecule has 2 fully saturated rings. The highest BCUT2D eigenvalue weighted by atomic mass is 16.6. The van der Waals surface area contributed by atoms with Gasteiger partial charge in [-0.05, 0) is 94.5 Å². The summed E-state index contributed by atoms with van der Waals surface area (Å²) >= 11 is 0. The number of rotatable bonds is 6. The summed E-state index contributed by atoms with van der Waals surface area (Å²) in [5.41, 5.74) is 3.51. The highest BCUT2D eigenvalue weighted by Crippen LogP contribution is 2.48. The molecule has 1 aromatic rings. The summed E-state index contributed by atoms with van der Waals surface area (Å²) in [4.78, 5) is 13.8. The van der Waals surface area contributed by atoms with Crippen LogP contribution in [0.2, 0.25) is 0 Å². The SMILES string of the molecule is Cc1cc([N+](=O)[O-])c(OC(C)C)cc1C1=C[C@@H](C2CC2)N(C)[C@@H](C2CC2)C1. The Morgan fingerprint density at radius 1 is 1.19 bits per heavy atom. The number of aryl methyl sites for hydroxylation is 1. The molecule has 2 aliphatic carbocycles. The van der Waals surface area contributed by atoms with Gasteiger partial charge in [0.1, 0.15) is 0 Å². The third kappa shape index (κ3) is 3.75. The van der Waals surface area contributed by atoms with Crippen molar-refractivity contribution in [1.29, 1.82) is 0 Å². The lowest BCUT2D eigenvalue weighted by molar-refractivity contribution is -0.386. The van der Waals surface area contributed by atoms with Gasteiger partial charge in [-0.2, -0.15) is 0 Å². The number of nitrogens with zero attached hydrogens (tertiary/aromatic N) is 2. The monoisotopic (exact) mass is 370 g/mol. The Morgan fingerprint density at radius 2 is 1.85 bits per heavy atom. The van der Waals surface area contributed by atoms with Gasteiger partial charge in [0.05, 0.1) is 11.0 Å². The Morgan fingerprint density at radius 3 is 2.41 bits per heavy atom. The molecule has 1 aromatic carbocycles. The molecule has 1 aliphatic heterocycles. The molecule has 2 atom stereocenters. The lowest BCUT2D eigenvalue weighted by atomic mass is 9.85. The van der Waals surface area contributed by atoms with E-state index in [0.29, 0.717) is 17.8 Å². The smallest absolute Gasteiger partial charge is 0.311 e. The topological polar surface area (TPSA) is 55.6 Å². The normalized spacial score (nSPS) is 26.2. The van der Waals surface area contributed by atoms with E-state index in [2.05, 4.69) is 18.0 Å². The molecule has 3 aliphatic rings. The standard InChI is InChI=1S/C22H30N2O3/c1-13(2)27-22-12-18(14(3)9-21(22)24(25)26)17-10-19(15-5-6-15)23(4)20(11-17)16-7-8-16/h9-10,12-13,15-16,19-20H,5-8,11H2,1-4H3/t19-,20+/m0/s1. The zero-order valence-corrected chi connectivity index (χ0v) is 16.8. The molecule has 0 unspecified atom stereocenters. The number of hydrogen-bond acceptors (Lipinski definition) is 4. The van der Waals surface area contributed by atoms with Crippen molar-refractivity contribution in [1.82, 2.24) is 4.90 Å². The maximum atomic E-state index is 11.5. The summed E-state index contributed by atoms with van der Waals surface area (Å²) in [7, 11) is 2.29. The molecule has 0 spiro atoms. The van der Waals surface area contributed by atoms with Crippen molar-refractivity contribution in [2.75, 3.05) is 7.05 Å². The first-order valence-corrected chi connectivity index (χ1v) is 10.2. The largest absolute Gasteiger partial charge is 0.484 e. The number of nitro benzene ring substituents is 1. The van der Waals surface area contributed by atoms with Gasteiger partial charge in [0.15, 0.2) is 5.75 Å². The van der Waals surface area contributed by atoms with E-state index in [1.54, 1.807) is 6.07 Å². The zero-order valence-electron chi connectivity index (χ0n) is 16.8. The molecular weight excluding hydrogens is 340 g/mol. The van der Waals surface area contributed by atoms with Gasteiger partial charge in [-0.3, -0.25) is 15.0 Å². The summed E-state index contributed by atoms with van der Waals surface area (Å²) in [6.07, 6.45) is 8.67. The maximum absolute atomic E-state index is 11.5. The zero-order chi connectivity index (χ0) is 19.3. The fourth-order valence-corrected chi connectivity index (χ4v) is 4.58. The van der Waals surface area contributed by atoms with Crippen molar-refractivity contribution in [3.8, 4) is 5.75 Å². The highest BCUT2D eigenvalue weighted by molar-refractivity contribution is 5.73. The van der Waals surface area contributed by atoms with E-state index in [-0.39, 0.29) is 16.7 Å². The van der Waals surface area contributed by atoms with Crippen LogP contribution >= 0.6 is 0 Å². The Labute approximate surface area is 161 Å². The van der Waals surface area contributed by atoms with Gasteiger partial charge in [-0.25, -0.2) is 0 Å². The molecule has 4 rings (SSSR count). The van der Waals surface area contributed by atoms with Crippen LogP contribution in [0, 0.1) is 28.9 Å². The molecule has 0 bridgehead atoms. The van der Waals surface area contributed by atoms with Crippen molar-refractivity contribution in [2.45, 2.75) is 71.1 Å². The lowest BCUT2D eigenvalue weighted by Crippen LogP contribution is -2.44. The number of hydrogen-bond donors (Lipinski definition) is 0. The molecule has 0 N–H and O–H groups in total. The van der Waals surface area contributed by atoms with Crippen LogP contribution in [0.3, 0.4) is 0 Å². The van der Waals surface area contributed by atoms with E-state index in [0.717, 1.165) is 29.4 Å². The molecule has 27 heavy (non-hydrogen) atoms. The molecule has 0 saturated heterocycles. The van der Waals surface area contributed by atoms with Crippen molar-refractivity contribution in [2.24, 2.45) is 11.8 Å². The van der Waals surface area contributed by atoms with Gasteiger partial charge < -0.3 is 4.74 Å². The summed E-state index contributed by atoms with van der Waals surface area (Å²) in [6, 6.07) is 4.70. The molecule has 2 saturated carbocycles. The fourth-order valence-electron chi connectivity index (χ4n) is 4.58. The molecule has 0 amide bonds. The first kappa shape index (κ1) is 18.5. The summed E-state index contributed by atoms with van der Waals surface area (Å²) in [6.45, 7) is 5.80. The Kier molecular flexibility index (Phi) is 4.75. The minimum atomic E-state index is -0.336. The second-order valence-electron chi connectivity index (χ2n) is 8.85. The van der Waals surface area contributed by atoms with E-state index in [1.165, 1.54) is 31.3 Å². The molecule has 0 radical (unpaired) electrons. The van der Waals surface area contributed by atoms with E-state index < -0.39 is 0 Å². The van der Waals surface area contributed by atoms with Crippen molar-refractivity contribution in [3.05, 3.63) is 39.4 Å². The first-order chi connectivity index (χ1) is 12.8. The van der Waals surface area contributed by atoms with Crippen molar-refractivity contribution < 1.29 is 9.66 Å². The maximum Gasteiger partial charge on any atom is 0.311 e. The third-order valence-corrected chi connectivity index (χ3v) is 6.28. The average Bonchev–Trinajstić information content (AvgIpc) is 3.48. The Bertz CT molecular complexity index is 778. The van der Waals surface area contributed by atoms with Crippen LogP contribution in [0.4, 0.5) is 5.69 Å². The number of benzene rings is 1. The van der Waals surface area contributed by atoms with E-state index in [9.17, 15) is 10.1 Å². The van der Waals surface area contributed by atoms with Crippen LogP contribution in [-0.2, 0) is 0 Å². The van der Waals surface area contributed by atoms with E-state index in [4.69, 9.17) is 4.74 Å². The van der Waals surface area contributed by atoms with Crippen LogP contribution < -0.4 is 4.74 Å². The summed E-state index contributed by atoms with van der Waals surface area (Å²) in [5.74, 6) is 1.97. The average molecular weight is 370 g/mol. The molecule has 5 nitrogen and oxygen atoms in total. The van der Waals surface area contributed by atoms with Crippen LogP contribution in [-0.4, -0.2) is 35.1 Å². The van der Waals surface area contributed by atoms with E-state index >= 15 is 0 Å². The van der Waals surface area contributed by atoms with Crippen molar-refractivity contribution >= 4 is 11.3 Å². The number of ether oxygens (including phenoxy) is 1. The summed E-state index contributed by atoms with van der Waals surface area (Å²) < 4.78 is 5.81. The first-order valence-electron chi connectivity index (χ1n) is 10.2. The second kappa shape index (κ2) is 6.93. The predicted octanol–water partition coefficient (Wildman–Crippen LogP) is 4.97. The van der Waals surface area contributed by atoms with Crippen LogP contribution in [0.15, 0.2) is 18.2 Å². The predicted molar refractivity (Wildman–Crippen MR) is 107 cm³/mol. The molecule has 5 heteroatoms. The third-order valence-electron chi connectivity index (χ3n) is 6.28. The van der Waals surface area contributed by atoms with Gasteiger partial charge in [0.25, 0.3) is 0 Å². The number of likely N-dealkylation sites (N-methyl/N-ethyl adjacent to an activating group) is 1. The quantitative estimate of drug-likeness (QED) is 0.524. The highest BCUT2D eigenvalue weighted by Gasteiger charge is 2.43. The van der Waals surface area contributed by atoms with Crippen LogP contribution in [0.25, 0.3) is 5.57 Å². The Hall–Kier alpha value is -1.88. The van der Waals surface area contributed by atoms with Crippen LogP contribution in [0.1, 0.15) is 57.1 Å². The van der Waals surface area contributed by atoms with Gasteiger partial charge in [-0.15, -0.1) is 0 Å². The number of nitro groups is 1. The minimum absolute atomic E-state index is 0.0657. The molecule has 146 valence electrons.